The van der Waals surface area contributed by atoms with Gasteiger partial charge in [-0.1, -0.05) is 13.8 Å². The van der Waals surface area contributed by atoms with Crippen LogP contribution in [0.25, 0.3) is 0 Å². The summed E-state index contributed by atoms with van der Waals surface area (Å²) in [4.78, 5) is 9.08. The second-order valence-corrected chi connectivity index (χ2v) is 6.03. The lowest BCUT2D eigenvalue weighted by atomic mass is 9.99. The molecule has 0 saturated heterocycles. The number of aryl methyl sites for hydroxylation is 1. The molecule has 0 atom stereocenters. The molecule has 1 aromatic rings. The van der Waals surface area contributed by atoms with Crippen molar-refractivity contribution in [3.63, 3.8) is 0 Å². The largest absolute Gasteiger partial charge is 0.365 e. The van der Waals surface area contributed by atoms with Crippen molar-refractivity contribution in [2.75, 3.05) is 5.32 Å². The molecule has 1 aromatic heterocycles. The van der Waals surface area contributed by atoms with Gasteiger partial charge in [-0.15, -0.1) is 0 Å². The Morgan fingerprint density at radius 1 is 1.29 bits per heavy atom. The third-order valence-corrected chi connectivity index (χ3v) is 3.44. The Labute approximate surface area is 104 Å². The predicted octanol–water partition coefficient (Wildman–Crippen LogP) is 3.51. The number of rotatable bonds is 4. The Hall–Kier alpha value is -1.12. The molecule has 0 amide bonds. The van der Waals surface area contributed by atoms with Gasteiger partial charge in [0.15, 0.2) is 0 Å². The van der Waals surface area contributed by atoms with Gasteiger partial charge in [-0.25, -0.2) is 9.97 Å². The Bertz CT molecular complexity index is 406. The second-order valence-electron chi connectivity index (χ2n) is 6.03. The fraction of sp³-hybridized carbons (Fsp3) is 0.714. The molecule has 3 nitrogen and oxygen atoms in total. The molecule has 94 valence electrons. The van der Waals surface area contributed by atoms with Gasteiger partial charge in [0, 0.05) is 23.2 Å². The smallest absolute Gasteiger partial charge is 0.133 e. The monoisotopic (exact) mass is 233 g/mol. The van der Waals surface area contributed by atoms with Gasteiger partial charge in [0.2, 0.25) is 0 Å². The van der Waals surface area contributed by atoms with Crippen LogP contribution in [0, 0.1) is 12.8 Å². The number of aromatic nitrogens is 2. The second kappa shape index (κ2) is 4.28. The van der Waals surface area contributed by atoms with Gasteiger partial charge >= 0.3 is 0 Å². The summed E-state index contributed by atoms with van der Waals surface area (Å²) in [6.07, 6.45) is 2.67. The summed E-state index contributed by atoms with van der Waals surface area (Å²) in [5.74, 6) is 3.07. The number of hydrogen-bond donors (Lipinski definition) is 1. The van der Waals surface area contributed by atoms with Gasteiger partial charge in [-0.2, -0.15) is 0 Å². The van der Waals surface area contributed by atoms with Crippen LogP contribution in [0.5, 0.6) is 0 Å². The first-order valence-corrected chi connectivity index (χ1v) is 6.52. The van der Waals surface area contributed by atoms with E-state index in [4.69, 9.17) is 0 Å². The molecule has 0 unspecified atom stereocenters. The number of nitrogens with one attached hydrogen (secondary N) is 1. The predicted molar refractivity (Wildman–Crippen MR) is 71.3 cm³/mol. The zero-order valence-electron chi connectivity index (χ0n) is 11.5. The summed E-state index contributed by atoms with van der Waals surface area (Å²) < 4.78 is 0. The summed E-state index contributed by atoms with van der Waals surface area (Å²) in [5.41, 5.74) is 1.19. The molecule has 1 aliphatic carbocycles. The molecule has 0 spiro atoms. The van der Waals surface area contributed by atoms with Gasteiger partial charge in [0.25, 0.3) is 0 Å². The molecule has 1 fully saturated rings. The van der Waals surface area contributed by atoms with Crippen LogP contribution in [-0.4, -0.2) is 15.5 Å². The van der Waals surface area contributed by atoms with Gasteiger partial charge in [0.05, 0.1) is 0 Å². The van der Waals surface area contributed by atoms with E-state index in [0.29, 0.717) is 5.92 Å². The number of anilines is 1. The summed E-state index contributed by atoms with van der Waals surface area (Å²) in [6, 6.07) is 2.04. The van der Waals surface area contributed by atoms with Crippen molar-refractivity contribution in [2.24, 2.45) is 5.92 Å². The van der Waals surface area contributed by atoms with Crippen molar-refractivity contribution in [1.82, 2.24) is 9.97 Å². The molecule has 0 bridgehead atoms. The maximum atomic E-state index is 4.61. The van der Waals surface area contributed by atoms with E-state index in [0.717, 1.165) is 23.3 Å². The fourth-order valence-electron chi connectivity index (χ4n) is 2.15. The van der Waals surface area contributed by atoms with E-state index < -0.39 is 0 Å². The normalized spacial score (nSPS) is 16.4. The van der Waals surface area contributed by atoms with Crippen LogP contribution in [0.4, 0.5) is 5.82 Å². The van der Waals surface area contributed by atoms with Gasteiger partial charge in [0.1, 0.15) is 11.6 Å². The lowest BCUT2D eigenvalue weighted by Gasteiger charge is -2.27. The molecule has 1 N–H and O–H groups in total. The van der Waals surface area contributed by atoms with Crippen molar-refractivity contribution in [3.8, 4) is 0 Å². The lowest BCUT2D eigenvalue weighted by Crippen LogP contribution is -2.33. The minimum atomic E-state index is 0.148. The highest BCUT2D eigenvalue weighted by atomic mass is 15.1. The molecule has 0 aliphatic heterocycles. The maximum Gasteiger partial charge on any atom is 0.133 e. The third-order valence-electron chi connectivity index (χ3n) is 3.44. The summed E-state index contributed by atoms with van der Waals surface area (Å²) >= 11 is 0. The van der Waals surface area contributed by atoms with Crippen molar-refractivity contribution >= 4 is 5.82 Å². The quantitative estimate of drug-likeness (QED) is 0.864. The minimum absolute atomic E-state index is 0.148. The first-order valence-electron chi connectivity index (χ1n) is 6.52. The molecule has 17 heavy (non-hydrogen) atoms. The Kier molecular flexibility index (Phi) is 3.11. The van der Waals surface area contributed by atoms with Gasteiger partial charge in [-0.05, 0) is 39.5 Å². The molecule has 1 aliphatic rings. The van der Waals surface area contributed by atoms with Crippen LogP contribution in [0.3, 0.4) is 0 Å². The molecule has 0 aromatic carbocycles. The van der Waals surface area contributed by atoms with E-state index in [1.807, 2.05) is 13.0 Å². The lowest BCUT2D eigenvalue weighted by molar-refractivity contribution is 0.492. The highest BCUT2D eigenvalue weighted by molar-refractivity contribution is 5.39. The van der Waals surface area contributed by atoms with E-state index in [9.17, 15) is 0 Å². The van der Waals surface area contributed by atoms with Crippen LogP contribution in [-0.2, 0) is 0 Å². The van der Waals surface area contributed by atoms with E-state index >= 15 is 0 Å². The molecule has 3 heteroatoms. The van der Waals surface area contributed by atoms with Crippen molar-refractivity contribution in [2.45, 2.75) is 58.9 Å². The Balaban J connectivity index is 2.20. The van der Waals surface area contributed by atoms with Crippen LogP contribution < -0.4 is 5.32 Å². The van der Waals surface area contributed by atoms with E-state index in [2.05, 4.69) is 43.0 Å². The molecule has 1 heterocycles. The first kappa shape index (κ1) is 12.3. The average Bonchev–Trinajstić information content (AvgIpc) is 2.98. The minimum Gasteiger partial charge on any atom is -0.365 e. The van der Waals surface area contributed by atoms with E-state index in [-0.39, 0.29) is 5.54 Å². The van der Waals surface area contributed by atoms with E-state index in [1.54, 1.807) is 0 Å². The number of nitrogens with zero attached hydrogens (tertiary/aromatic N) is 2. The summed E-state index contributed by atoms with van der Waals surface area (Å²) in [5, 5.41) is 3.57. The van der Waals surface area contributed by atoms with Crippen molar-refractivity contribution in [1.29, 1.82) is 0 Å². The fourth-order valence-corrected chi connectivity index (χ4v) is 2.15. The van der Waals surface area contributed by atoms with Gasteiger partial charge in [-0.3, -0.25) is 0 Å². The van der Waals surface area contributed by atoms with Crippen LogP contribution in [0.1, 0.15) is 58.0 Å². The molecule has 1 saturated carbocycles. The summed E-state index contributed by atoms with van der Waals surface area (Å²) in [6.45, 7) is 10.8. The van der Waals surface area contributed by atoms with Crippen molar-refractivity contribution in [3.05, 3.63) is 17.6 Å². The SMILES string of the molecule is Cc1cc(NC(C)(C)C2CC2)nc(C(C)C)n1. The maximum absolute atomic E-state index is 4.61. The molecule has 0 radical (unpaired) electrons. The zero-order chi connectivity index (χ0) is 12.6. The zero-order valence-corrected chi connectivity index (χ0v) is 11.5. The van der Waals surface area contributed by atoms with E-state index in [1.165, 1.54) is 12.8 Å². The number of hydrogen-bond acceptors (Lipinski definition) is 3. The highest BCUT2D eigenvalue weighted by Gasteiger charge is 2.37. The highest BCUT2D eigenvalue weighted by Crippen LogP contribution is 2.40. The standard InChI is InChI=1S/C14H23N3/c1-9(2)13-15-10(3)8-12(16-13)17-14(4,5)11-6-7-11/h8-9,11H,6-7H2,1-5H3,(H,15,16,17). The van der Waals surface area contributed by atoms with Crippen molar-refractivity contribution < 1.29 is 0 Å². The molecular formula is C14H23N3. The Morgan fingerprint density at radius 2 is 1.94 bits per heavy atom. The van der Waals surface area contributed by atoms with Crippen LogP contribution >= 0.6 is 0 Å². The van der Waals surface area contributed by atoms with Crippen LogP contribution in [0.2, 0.25) is 0 Å². The Morgan fingerprint density at radius 3 is 2.47 bits per heavy atom. The third kappa shape index (κ3) is 2.96. The average molecular weight is 233 g/mol. The van der Waals surface area contributed by atoms with Crippen LogP contribution in [0.15, 0.2) is 6.07 Å². The summed E-state index contributed by atoms with van der Waals surface area (Å²) in [7, 11) is 0. The molecule has 2 rings (SSSR count). The molecular weight excluding hydrogens is 210 g/mol. The van der Waals surface area contributed by atoms with Gasteiger partial charge < -0.3 is 5.32 Å². The topological polar surface area (TPSA) is 37.8 Å². The first-order chi connectivity index (χ1) is 7.88.